The lowest BCUT2D eigenvalue weighted by Crippen LogP contribution is -2.27. The van der Waals surface area contributed by atoms with Gasteiger partial charge < -0.3 is 14.6 Å². The Bertz CT molecular complexity index is 605. The summed E-state index contributed by atoms with van der Waals surface area (Å²) in [6.07, 6.45) is 1.17. The molecule has 0 radical (unpaired) electrons. The zero-order valence-electron chi connectivity index (χ0n) is 14.4. The summed E-state index contributed by atoms with van der Waals surface area (Å²) in [5.41, 5.74) is 2.37. The van der Waals surface area contributed by atoms with Crippen molar-refractivity contribution < 1.29 is 4.42 Å². The van der Waals surface area contributed by atoms with Gasteiger partial charge >= 0.3 is 0 Å². The second kappa shape index (κ2) is 9.26. The molecular weight excluding hydrogens is 352 g/mol. The number of hydrogen-bond acceptors (Lipinski definition) is 3. The van der Waals surface area contributed by atoms with E-state index in [1.807, 2.05) is 0 Å². The van der Waals surface area contributed by atoms with Gasteiger partial charge in [-0.1, -0.05) is 29.8 Å². The van der Waals surface area contributed by atoms with Crippen molar-refractivity contribution in [3.8, 4) is 11.3 Å². The van der Waals surface area contributed by atoms with Crippen LogP contribution >= 0.6 is 15.9 Å². The molecule has 126 valence electrons. The first-order valence-electron chi connectivity index (χ1n) is 8.42. The van der Waals surface area contributed by atoms with Crippen LogP contribution in [0.4, 0.5) is 0 Å². The monoisotopic (exact) mass is 378 g/mol. The van der Waals surface area contributed by atoms with Crippen molar-refractivity contribution in [1.29, 1.82) is 0 Å². The Balaban J connectivity index is 1.81. The summed E-state index contributed by atoms with van der Waals surface area (Å²) >= 11 is 3.50. The third-order valence-corrected chi connectivity index (χ3v) is 4.63. The third-order valence-electron chi connectivity index (χ3n) is 4.14. The van der Waals surface area contributed by atoms with Crippen LogP contribution in [0.15, 0.2) is 39.2 Å². The molecule has 1 N–H and O–H groups in total. The summed E-state index contributed by atoms with van der Waals surface area (Å²) in [6.45, 7) is 11.7. The van der Waals surface area contributed by atoms with Crippen LogP contribution in [-0.2, 0) is 6.54 Å². The average Bonchev–Trinajstić information content (AvgIpc) is 2.99. The van der Waals surface area contributed by atoms with Crippen molar-refractivity contribution in [2.45, 2.75) is 33.7 Å². The summed E-state index contributed by atoms with van der Waals surface area (Å²) in [5.74, 6) is 1.93. The van der Waals surface area contributed by atoms with Crippen LogP contribution in [0.25, 0.3) is 11.3 Å². The summed E-state index contributed by atoms with van der Waals surface area (Å²) < 4.78 is 7.07. The lowest BCUT2D eigenvalue weighted by molar-refractivity contribution is 0.297. The van der Waals surface area contributed by atoms with Crippen molar-refractivity contribution in [2.24, 2.45) is 0 Å². The van der Waals surface area contributed by atoms with E-state index in [1.54, 1.807) is 0 Å². The summed E-state index contributed by atoms with van der Waals surface area (Å²) in [4.78, 5) is 2.45. The van der Waals surface area contributed by atoms with E-state index in [9.17, 15) is 0 Å². The Morgan fingerprint density at radius 1 is 1.13 bits per heavy atom. The highest BCUT2D eigenvalue weighted by Crippen LogP contribution is 2.27. The van der Waals surface area contributed by atoms with E-state index in [0.717, 1.165) is 54.3 Å². The molecule has 0 bridgehead atoms. The van der Waals surface area contributed by atoms with E-state index in [2.05, 4.69) is 77.2 Å². The van der Waals surface area contributed by atoms with Crippen molar-refractivity contribution in [3.05, 3.63) is 46.1 Å². The largest absolute Gasteiger partial charge is 0.460 e. The maximum Gasteiger partial charge on any atom is 0.134 e. The Hall–Kier alpha value is -1.10. The highest BCUT2D eigenvalue weighted by Gasteiger charge is 2.08. The molecule has 0 atom stereocenters. The summed E-state index contributed by atoms with van der Waals surface area (Å²) in [6, 6.07) is 10.4. The van der Waals surface area contributed by atoms with Gasteiger partial charge in [-0.05, 0) is 75.4 Å². The minimum atomic E-state index is 0.786. The van der Waals surface area contributed by atoms with Gasteiger partial charge in [0.2, 0.25) is 0 Å². The van der Waals surface area contributed by atoms with E-state index in [-0.39, 0.29) is 0 Å². The van der Waals surface area contributed by atoms with E-state index >= 15 is 0 Å². The predicted molar refractivity (Wildman–Crippen MR) is 101 cm³/mol. The molecule has 23 heavy (non-hydrogen) atoms. The van der Waals surface area contributed by atoms with Gasteiger partial charge in [0.05, 0.1) is 6.54 Å². The second-order valence-electron chi connectivity index (χ2n) is 5.78. The zero-order chi connectivity index (χ0) is 16.7. The molecule has 0 saturated carbocycles. The van der Waals surface area contributed by atoms with Gasteiger partial charge in [0.25, 0.3) is 0 Å². The minimum Gasteiger partial charge on any atom is -0.460 e. The molecular formula is C19H27BrN2O. The van der Waals surface area contributed by atoms with Crippen LogP contribution < -0.4 is 5.32 Å². The second-order valence-corrected chi connectivity index (χ2v) is 6.70. The fourth-order valence-corrected chi connectivity index (χ4v) is 3.18. The Labute approximate surface area is 148 Å². The van der Waals surface area contributed by atoms with Crippen molar-refractivity contribution in [2.75, 3.05) is 26.2 Å². The lowest BCUT2D eigenvalue weighted by atomic mass is 10.1. The summed E-state index contributed by atoms with van der Waals surface area (Å²) in [5, 5.41) is 3.47. The topological polar surface area (TPSA) is 28.4 Å². The number of nitrogens with zero attached hydrogens (tertiary/aromatic N) is 1. The van der Waals surface area contributed by atoms with E-state index < -0.39 is 0 Å². The molecule has 0 aliphatic rings. The average molecular weight is 379 g/mol. The molecule has 2 rings (SSSR count). The zero-order valence-corrected chi connectivity index (χ0v) is 15.9. The quantitative estimate of drug-likeness (QED) is 0.632. The number of rotatable bonds is 9. The Morgan fingerprint density at radius 3 is 2.61 bits per heavy atom. The SMILES string of the molecule is CCN(CC)CCCNCc1ccc(-c2ccc(Br)cc2C)o1. The van der Waals surface area contributed by atoms with Gasteiger partial charge in [0.15, 0.2) is 0 Å². The van der Waals surface area contributed by atoms with Gasteiger partial charge in [0, 0.05) is 10.0 Å². The molecule has 3 nitrogen and oxygen atoms in total. The first-order chi connectivity index (χ1) is 11.1. The molecule has 0 aliphatic carbocycles. The maximum absolute atomic E-state index is 5.97. The molecule has 0 spiro atoms. The van der Waals surface area contributed by atoms with Gasteiger partial charge in [-0.15, -0.1) is 0 Å². The maximum atomic E-state index is 5.97. The van der Waals surface area contributed by atoms with Crippen molar-refractivity contribution in [1.82, 2.24) is 10.2 Å². The standard InChI is InChI=1S/C19H27BrN2O/c1-4-22(5-2)12-6-11-21-14-17-8-10-19(23-17)18-9-7-16(20)13-15(18)3/h7-10,13,21H,4-6,11-12,14H2,1-3H3. The molecule has 0 aliphatic heterocycles. The van der Waals surface area contributed by atoms with Gasteiger partial charge in [-0.2, -0.15) is 0 Å². The summed E-state index contributed by atoms with van der Waals surface area (Å²) in [7, 11) is 0. The Morgan fingerprint density at radius 2 is 1.91 bits per heavy atom. The van der Waals surface area contributed by atoms with Crippen LogP contribution in [0.1, 0.15) is 31.6 Å². The number of aryl methyl sites for hydroxylation is 1. The molecule has 1 heterocycles. The van der Waals surface area contributed by atoms with Crippen LogP contribution in [0.3, 0.4) is 0 Å². The molecule has 1 aromatic carbocycles. The normalized spacial score (nSPS) is 11.3. The minimum absolute atomic E-state index is 0.786. The molecule has 4 heteroatoms. The highest BCUT2D eigenvalue weighted by atomic mass is 79.9. The predicted octanol–water partition coefficient (Wildman–Crippen LogP) is 4.84. The van der Waals surface area contributed by atoms with Gasteiger partial charge in [0.1, 0.15) is 11.5 Å². The molecule has 2 aromatic rings. The van der Waals surface area contributed by atoms with Crippen LogP contribution in [0, 0.1) is 6.92 Å². The first kappa shape index (κ1) is 18.2. The molecule has 1 aromatic heterocycles. The fourth-order valence-electron chi connectivity index (χ4n) is 2.70. The van der Waals surface area contributed by atoms with Crippen LogP contribution in [0.5, 0.6) is 0 Å². The van der Waals surface area contributed by atoms with Crippen molar-refractivity contribution >= 4 is 15.9 Å². The molecule has 0 fully saturated rings. The number of nitrogens with one attached hydrogen (secondary N) is 1. The van der Waals surface area contributed by atoms with E-state index in [0.29, 0.717) is 0 Å². The van der Waals surface area contributed by atoms with E-state index in [1.165, 1.54) is 12.0 Å². The molecule has 0 saturated heterocycles. The fraction of sp³-hybridized carbons (Fsp3) is 0.474. The smallest absolute Gasteiger partial charge is 0.134 e. The number of halogens is 1. The number of furan rings is 1. The number of benzene rings is 1. The van der Waals surface area contributed by atoms with Crippen LogP contribution in [0.2, 0.25) is 0 Å². The number of hydrogen-bond donors (Lipinski definition) is 1. The highest BCUT2D eigenvalue weighted by molar-refractivity contribution is 9.10. The lowest BCUT2D eigenvalue weighted by Gasteiger charge is -2.17. The first-order valence-corrected chi connectivity index (χ1v) is 9.21. The molecule has 0 unspecified atom stereocenters. The van der Waals surface area contributed by atoms with Crippen molar-refractivity contribution in [3.63, 3.8) is 0 Å². The Kier molecular flexibility index (Phi) is 7.34. The van der Waals surface area contributed by atoms with Gasteiger partial charge in [-0.3, -0.25) is 0 Å². The molecule has 0 amide bonds. The van der Waals surface area contributed by atoms with E-state index in [4.69, 9.17) is 4.42 Å². The van der Waals surface area contributed by atoms with Gasteiger partial charge in [-0.25, -0.2) is 0 Å². The third kappa shape index (κ3) is 5.48. The van der Waals surface area contributed by atoms with Crippen LogP contribution in [-0.4, -0.2) is 31.1 Å².